The Hall–Kier alpha value is -2.12. The third-order valence-electron chi connectivity index (χ3n) is 3.24. The van der Waals surface area contributed by atoms with Gasteiger partial charge in [0.1, 0.15) is 17.9 Å². The lowest BCUT2D eigenvalue weighted by Gasteiger charge is -2.17. The van der Waals surface area contributed by atoms with Crippen molar-refractivity contribution in [1.29, 1.82) is 0 Å². The minimum absolute atomic E-state index is 0.00413. The summed E-state index contributed by atoms with van der Waals surface area (Å²) in [6, 6.07) is 11.3. The van der Waals surface area contributed by atoms with Crippen LogP contribution in [-0.4, -0.2) is 35.9 Å². The Morgan fingerprint density at radius 3 is 2.58 bits per heavy atom. The Bertz CT molecular complexity index is 752. The maximum atomic E-state index is 12.4. The minimum Gasteiger partial charge on any atom is -0.492 e. The number of ether oxygens (including phenoxy) is 1. The van der Waals surface area contributed by atoms with Crippen LogP contribution in [0.2, 0.25) is 5.02 Å². The highest BCUT2D eigenvalue weighted by atomic mass is 79.9. The number of halogens is 2. The monoisotopic (exact) mass is 412 g/mol. The fraction of sp³-hybridized carbons (Fsp3) is 0.188. The first-order chi connectivity index (χ1) is 11.4. The number of amides is 1. The SMILES string of the molecule is CN(CCOc1ccc(Br)cc1)C(=O)c1ccc(Cl)cc1[N+](=O)[O-]. The van der Waals surface area contributed by atoms with E-state index >= 15 is 0 Å². The van der Waals surface area contributed by atoms with E-state index in [1.54, 1.807) is 19.2 Å². The Kier molecular flexibility index (Phi) is 6.16. The number of rotatable bonds is 6. The minimum atomic E-state index is -0.620. The van der Waals surface area contributed by atoms with Crippen LogP contribution in [0.4, 0.5) is 5.69 Å². The van der Waals surface area contributed by atoms with Gasteiger partial charge in [0.15, 0.2) is 0 Å². The fourth-order valence-electron chi connectivity index (χ4n) is 1.98. The summed E-state index contributed by atoms with van der Waals surface area (Å²) in [6.07, 6.45) is 0. The van der Waals surface area contributed by atoms with Crippen molar-refractivity contribution in [3.63, 3.8) is 0 Å². The molecule has 0 spiro atoms. The van der Waals surface area contributed by atoms with E-state index in [9.17, 15) is 14.9 Å². The highest BCUT2D eigenvalue weighted by Gasteiger charge is 2.23. The molecule has 8 heteroatoms. The molecular formula is C16H14BrClN2O4. The number of nitrogens with zero attached hydrogens (tertiary/aromatic N) is 2. The molecule has 0 unspecified atom stereocenters. The van der Waals surface area contributed by atoms with Gasteiger partial charge in [-0.25, -0.2) is 0 Å². The summed E-state index contributed by atoms with van der Waals surface area (Å²) in [6.45, 7) is 0.555. The maximum Gasteiger partial charge on any atom is 0.283 e. The van der Waals surface area contributed by atoms with E-state index in [0.29, 0.717) is 5.75 Å². The molecule has 6 nitrogen and oxygen atoms in total. The molecule has 2 aromatic rings. The van der Waals surface area contributed by atoms with E-state index in [0.717, 1.165) is 4.47 Å². The van der Waals surface area contributed by atoms with Crippen LogP contribution in [0.25, 0.3) is 0 Å². The number of nitro groups is 1. The van der Waals surface area contributed by atoms with Gasteiger partial charge in [0, 0.05) is 22.6 Å². The molecule has 126 valence electrons. The lowest BCUT2D eigenvalue weighted by molar-refractivity contribution is -0.385. The molecule has 0 aliphatic carbocycles. The number of hydrogen-bond donors (Lipinski definition) is 0. The molecule has 0 aliphatic heterocycles. The van der Waals surface area contributed by atoms with Gasteiger partial charge in [0.05, 0.1) is 11.5 Å². The zero-order valence-electron chi connectivity index (χ0n) is 12.7. The molecule has 0 N–H and O–H groups in total. The molecular weight excluding hydrogens is 400 g/mol. The van der Waals surface area contributed by atoms with Crippen LogP contribution in [-0.2, 0) is 0 Å². The van der Waals surface area contributed by atoms with Crippen LogP contribution >= 0.6 is 27.5 Å². The zero-order valence-corrected chi connectivity index (χ0v) is 15.1. The summed E-state index contributed by atoms with van der Waals surface area (Å²) in [5, 5.41) is 11.3. The Morgan fingerprint density at radius 2 is 1.96 bits per heavy atom. The zero-order chi connectivity index (χ0) is 17.7. The van der Waals surface area contributed by atoms with Gasteiger partial charge in [-0.15, -0.1) is 0 Å². The predicted molar refractivity (Wildman–Crippen MR) is 94.7 cm³/mol. The van der Waals surface area contributed by atoms with Crippen molar-refractivity contribution in [1.82, 2.24) is 4.90 Å². The number of carbonyl (C=O) groups is 1. The van der Waals surface area contributed by atoms with Gasteiger partial charge < -0.3 is 9.64 Å². The van der Waals surface area contributed by atoms with Crippen molar-refractivity contribution < 1.29 is 14.5 Å². The molecule has 0 aromatic heterocycles. The lowest BCUT2D eigenvalue weighted by Crippen LogP contribution is -2.31. The standard InChI is InChI=1S/C16H14BrClN2O4/c1-19(8-9-24-13-5-2-11(17)3-6-13)16(21)14-7-4-12(18)10-15(14)20(22)23/h2-7,10H,8-9H2,1H3. The average molecular weight is 414 g/mol. The van der Waals surface area contributed by atoms with E-state index < -0.39 is 10.8 Å². The van der Waals surface area contributed by atoms with Gasteiger partial charge in [-0.05, 0) is 36.4 Å². The van der Waals surface area contributed by atoms with E-state index in [1.165, 1.54) is 23.1 Å². The van der Waals surface area contributed by atoms with Crippen LogP contribution < -0.4 is 4.74 Å². The van der Waals surface area contributed by atoms with Crippen LogP contribution in [0.3, 0.4) is 0 Å². The van der Waals surface area contributed by atoms with Crippen molar-refractivity contribution >= 4 is 39.1 Å². The van der Waals surface area contributed by atoms with E-state index in [4.69, 9.17) is 16.3 Å². The number of carbonyl (C=O) groups excluding carboxylic acids is 1. The average Bonchev–Trinajstić information content (AvgIpc) is 2.55. The molecule has 0 saturated carbocycles. The highest BCUT2D eigenvalue weighted by Crippen LogP contribution is 2.24. The summed E-state index contributed by atoms with van der Waals surface area (Å²) < 4.78 is 6.49. The molecule has 0 heterocycles. The molecule has 0 saturated heterocycles. The third-order valence-corrected chi connectivity index (χ3v) is 4.01. The molecule has 0 bridgehead atoms. The quantitative estimate of drug-likeness (QED) is 0.526. The third kappa shape index (κ3) is 4.69. The molecule has 0 radical (unpaired) electrons. The van der Waals surface area contributed by atoms with Gasteiger partial charge in [-0.1, -0.05) is 27.5 Å². The van der Waals surface area contributed by atoms with Gasteiger partial charge >= 0.3 is 0 Å². The second-order valence-corrected chi connectivity index (χ2v) is 6.30. The van der Waals surface area contributed by atoms with E-state index in [2.05, 4.69) is 15.9 Å². The van der Waals surface area contributed by atoms with Crippen LogP contribution in [0.1, 0.15) is 10.4 Å². The number of benzene rings is 2. The van der Waals surface area contributed by atoms with Crippen LogP contribution in [0, 0.1) is 10.1 Å². The summed E-state index contributed by atoms with van der Waals surface area (Å²) in [5.41, 5.74) is -0.316. The van der Waals surface area contributed by atoms with Crippen molar-refractivity contribution in [2.24, 2.45) is 0 Å². The van der Waals surface area contributed by atoms with Gasteiger partial charge in [-0.3, -0.25) is 14.9 Å². The van der Waals surface area contributed by atoms with E-state index in [-0.39, 0.29) is 29.4 Å². The fourth-order valence-corrected chi connectivity index (χ4v) is 2.41. The highest BCUT2D eigenvalue weighted by molar-refractivity contribution is 9.10. The molecule has 0 atom stereocenters. The first-order valence-electron chi connectivity index (χ1n) is 6.96. The predicted octanol–water partition coefficient (Wildman–Crippen LogP) is 4.16. The lowest BCUT2D eigenvalue weighted by atomic mass is 10.1. The second-order valence-electron chi connectivity index (χ2n) is 4.95. The van der Waals surface area contributed by atoms with E-state index in [1.807, 2.05) is 12.1 Å². The van der Waals surface area contributed by atoms with Crippen LogP contribution in [0.5, 0.6) is 5.75 Å². The largest absolute Gasteiger partial charge is 0.492 e. The summed E-state index contributed by atoms with van der Waals surface area (Å²) in [5.74, 6) is 0.217. The molecule has 2 aromatic carbocycles. The van der Waals surface area contributed by atoms with Crippen molar-refractivity contribution in [3.05, 3.63) is 67.6 Å². The Morgan fingerprint density at radius 1 is 1.29 bits per heavy atom. The summed E-state index contributed by atoms with van der Waals surface area (Å²) in [7, 11) is 1.56. The van der Waals surface area contributed by atoms with Crippen molar-refractivity contribution in [3.8, 4) is 5.75 Å². The molecule has 0 fully saturated rings. The van der Waals surface area contributed by atoms with Crippen LogP contribution in [0.15, 0.2) is 46.9 Å². The van der Waals surface area contributed by atoms with Crippen molar-refractivity contribution in [2.45, 2.75) is 0 Å². The first kappa shape index (κ1) is 18.2. The van der Waals surface area contributed by atoms with Gasteiger partial charge in [-0.2, -0.15) is 0 Å². The second kappa shape index (κ2) is 8.12. The van der Waals surface area contributed by atoms with Gasteiger partial charge in [0.25, 0.3) is 11.6 Å². The Labute approximate surface area is 152 Å². The Balaban J connectivity index is 1.99. The van der Waals surface area contributed by atoms with Gasteiger partial charge in [0.2, 0.25) is 0 Å². The number of nitro benzene ring substituents is 1. The number of hydrogen-bond acceptors (Lipinski definition) is 4. The van der Waals surface area contributed by atoms with Crippen molar-refractivity contribution in [2.75, 3.05) is 20.2 Å². The summed E-state index contributed by atoms with van der Waals surface area (Å²) >= 11 is 9.09. The smallest absolute Gasteiger partial charge is 0.283 e. The molecule has 24 heavy (non-hydrogen) atoms. The summed E-state index contributed by atoms with van der Waals surface area (Å²) in [4.78, 5) is 24.2. The molecule has 1 amide bonds. The first-order valence-corrected chi connectivity index (χ1v) is 8.13. The molecule has 0 aliphatic rings. The molecule has 2 rings (SSSR count). The normalized spacial score (nSPS) is 10.3. The number of likely N-dealkylation sites (N-methyl/N-ethyl adjacent to an activating group) is 1. The topological polar surface area (TPSA) is 72.7 Å². The maximum absolute atomic E-state index is 12.4.